The molecule has 0 amide bonds. The van der Waals surface area contributed by atoms with Crippen LogP contribution in [0.1, 0.15) is 5.56 Å². The maximum atomic E-state index is 6.07. The van der Waals surface area contributed by atoms with E-state index in [4.69, 9.17) is 11.6 Å². The Balaban J connectivity index is 2.35. The molecule has 0 spiro atoms. The van der Waals surface area contributed by atoms with E-state index in [1.807, 2.05) is 49.4 Å². The topological polar surface area (TPSA) is 12.0 Å². The molecule has 0 bridgehead atoms. The lowest BCUT2D eigenvalue weighted by Crippen LogP contribution is -1.94. The highest BCUT2D eigenvalue weighted by Gasteiger charge is 2.03. The zero-order valence-electron chi connectivity index (χ0n) is 8.80. The Morgan fingerprint density at radius 3 is 2.44 bits per heavy atom. The smallest absolute Gasteiger partial charge is 0.0528 e. The third-order valence-electron chi connectivity index (χ3n) is 2.41. The van der Waals surface area contributed by atoms with Crippen LogP contribution in [0, 0.1) is 6.92 Å². The van der Waals surface area contributed by atoms with Crippen molar-refractivity contribution in [3.05, 3.63) is 57.5 Å². The Morgan fingerprint density at radius 2 is 1.69 bits per heavy atom. The molecule has 0 unspecified atom stereocenters. The molecular formula is C13H11BrClN. The fourth-order valence-electron chi connectivity index (χ4n) is 1.45. The molecule has 0 fully saturated rings. The molecular weight excluding hydrogens is 286 g/mol. The lowest BCUT2D eigenvalue weighted by atomic mass is 10.2. The van der Waals surface area contributed by atoms with Gasteiger partial charge < -0.3 is 5.32 Å². The molecule has 16 heavy (non-hydrogen) atoms. The van der Waals surface area contributed by atoms with Crippen molar-refractivity contribution in [1.82, 2.24) is 0 Å². The van der Waals surface area contributed by atoms with Crippen LogP contribution in [-0.2, 0) is 0 Å². The van der Waals surface area contributed by atoms with Gasteiger partial charge in [-0.25, -0.2) is 0 Å². The fraction of sp³-hybridized carbons (Fsp3) is 0.0769. The van der Waals surface area contributed by atoms with E-state index < -0.39 is 0 Å². The van der Waals surface area contributed by atoms with E-state index in [1.165, 1.54) is 0 Å². The Hall–Kier alpha value is -0.990. The maximum absolute atomic E-state index is 6.07. The first-order valence-corrected chi connectivity index (χ1v) is 6.12. The Bertz CT molecular complexity index is 511. The molecule has 0 saturated heterocycles. The summed E-state index contributed by atoms with van der Waals surface area (Å²) in [6.07, 6.45) is 0. The molecule has 2 rings (SSSR count). The maximum Gasteiger partial charge on any atom is 0.0528 e. The monoisotopic (exact) mass is 295 g/mol. The van der Waals surface area contributed by atoms with Crippen LogP contribution >= 0.6 is 27.5 Å². The number of rotatable bonds is 2. The normalized spacial score (nSPS) is 10.2. The lowest BCUT2D eigenvalue weighted by Gasteiger charge is -2.11. The minimum Gasteiger partial charge on any atom is -0.354 e. The summed E-state index contributed by atoms with van der Waals surface area (Å²) in [6, 6.07) is 13.8. The predicted molar refractivity (Wildman–Crippen MR) is 73.6 cm³/mol. The van der Waals surface area contributed by atoms with E-state index in [0.717, 1.165) is 26.4 Å². The fourth-order valence-corrected chi connectivity index (χ4v) is 2.01. The van der Waals surface area contributed by atoms with Crippen LogP contribution in [0.5, 0.6) is 0 Å². The Morgan fingerprint density at radius 1 is 1.00 bits per heavy atom. The van der Waals surface area contributed by atoms with Gasteiger partial charge in [0.15, 0.2) is 0 Å². The van der Waals surface area contributed by atoms with Gasteiger partial charge in [0.1, 0.15) is 0 Å². The van der Waals surface area contributed by atoms with Gasteiger partial charge in [-0.15, -0.1) is 0 Å². The number of para-hydroxylation sites is 1. The summed E-state index contributed by atoms with van der Waals surface area (Å²) in [6.45, 7) is 2.00. The van der Waals surface area contributed by atoms with Gasteiger partial charge in [0.2, 0.25) is 0 Å². The third kappa shape index (κ3) is 2.39. The van der Waals surface area contributed by atoms with Crippen LogP contribution < -0.4 is 5.32 Å². The summed E-state index contributed by atoms with van der Waals surface area (Å²) in [5, 5.41) is 4.13. The molecule has 82 valence electrons. The molecule has 0 radical (unpaired) electrons. The van der Waals surface area contributed by atoms with Gasteiger partial charge in [-0.05, 0) is 52.7 Å². The average Bonchev–Trinajstić information content (AvgIpc) is 2.28. The van der Waals surface area contributed by atoms with Crippen molar-refractivity contribution in [3.63, 3.8) is 0 Å². The molecule has 2 aromatic carbocycles. The van der Waals surface area contributed by atoms with E-state index in [9.17, 15) is 0 Å². The van der Waals surface area contributed by atoms with E-state index in [1.54, 1.807) is 0 Å². The summed E-state index contributed by atoms with van der Waals surface area (Å²) >= 11 is 9.57. The van der Waals surface area contributed by atoms with Crippen molar-refractivity contribution in [2.45, 2.75) is 6.92 Å². The summed E-state index contributed by atoms with van der Waals surface area (Å²) in [4.78, 5) is 0. The number of hydrogen-bond acceptors (Lipinski definition) is 1. The summed E-state index contributed by atoms with van der Waals surface area (Å²) in [5.74, 6) is 0. The van der Waals surface area contributed by atoms with Gasteiger partial charge >= 0.3 is 0 Å². The summed E-state index contributed by atoms with van der Waals surface area (Å²) < 4.78 is 1.04. The first-order chi connectivity index (χ1) is 7.68. The van der Waals surface area contributed by atoms with E-state index in [2.05, 4.69) is 21.2 Å². The Kier molecular flexibility index (Phi) is 3.52. The second-order valence-corrected chi connectivity index (χ2v) is 4.78. The predicted octanol–water partition coefficient (Wildman–Crippen LogP) is 5.15. The first-order valence-electron chi connectivity index (χ1n) is 4.95. The minimum absolute atomic E-state index is 0.775. The zero-order chi connectivity index (χ0) is 11.5. The molecule has 3 heteroatoms. The molecule has 1 nitrogen and oxygen atoms in total. The Labute approximate surface area is 109 Å². The quantitative estimate of drug-likeness (QED) is 0.807. The summed E-state index contributed by atoms with van der Waals surface area (Å²) in [7, 11) is 0. The molecule has 1 N–H and O–H groups in total. The highest BCUT2D eigenvalue weighted by molar-refractivity contribution is 9.10. The standard InChI is InChI=1S/C13H11BrClN/c1-9-11(15)6-4-8-12(9)16-13-7-3-2-5-10(13)14/h2-8,16H,1H3. The second-order valence-electron chi connectivity index (χ2n) is 3.52. The van der Waals surface area contributed by atoms with E-state index in [0.29, 0.717) is 0 Å². The summed E-state index contributed by atoms with van der Waals surface area (Å²) in [5.41, 5.74) is 3.12. The molecule has 0 saturated carbocycles. The van der Waals surface area contributed by atoms with Crippen LogP contribution in [0.3, 0.4) is 0 Å². The van der Waals surface area contributed by atoms with Crippen LogP contribution in [-0.4, -0.2) is 0 Å². The largest absolute Gasteiger partial charge is 0.354 e. The molecule has 0 heterocycles. The molecule has 2 aromatic rings. The number of anilines is 2. The molecule has 0 aliphatic heterocycles. The first kappa shape index (κ1) is 11.5. The van der Waals surface area contributed by atoms with Gasteiger partial charge in [-0.3, -0.25) is 0 Å². The SMILES string of the molecule is Cc1c(Cl)cccc1Nc1ccccc1Br. The van der Waals surface area contributed by atoms with Gasteiger partial charge in [0.25, 0.3) is 0 Å². The van der Waals surface area contributed by atoms with Crippen molar-refractivity contribution >= 4 is 38.9 Å². The van der Waals surface area contributed by atoms with E-state index in [-0.39, 0.29) is 0 Å². The second kappa shape index (κ2) is 4.89. The highest BCUT2D eigenvalue weighted by Crippen LogP contribution is 2.29. The molecule has 0 aromatic heterocycles. The van der Waals surface area contributed by atoms with Crippen LogP contribution in [0.4, 0.5) is 11.4 Å². The number of benzene rings is 2. The zero-order valence-corrected chi connectivity index (χ0v) is 11.1. The third-order valence-corrected chi connectivity index (χ3v) is 3.51. The molecule has 0 aliphatic carbocycles. The van der Waals surface area contributed by atoms with Crippen molar-refractivity contribution in [2.24, 2.45) is 0 Å². The number of hydrogen-bond donors (Lipinski definition) is 1. The van der Waals surface area contributed by atoms with Gasteiger partial charge in [-0.2, -0.15) is 0 Å². The van der Waals surface area contributed by atoms with Crippen LogP contribution in [0.15, 0.2) is 46.9 Å². The van der Waals surface area contributed by atoms with Crippen molar-refractivity contribution in [3.8, 4) is 0 Å². The lowest BCUT2D eigenvalue weighted by molar-refractivity contribution is 1.42. The van der Waals surface area contributed by atoms with Gasteiger partial charge in [0.05, 0.1) is 5.69 Å². The average molecular weight is 297 g/mol. The highest BCUT2D eigenvalue weighted by atomic mass is 79.9. The molecule has 0 atom stereocenters. The van der Waals surface area contributed by atoms with Crippen LogP contribution in [0.25, 0.3) is 0 Å². The van der Waals surface area contributed by atoms with Gasteiger partial charge in [-0.1, -0.05) is 29.8 Å². The van der Waals surface area contributed by atoms with E-state index >= 15 is 0 Å². The molecule has 0 aliphatic rings. The number of nitrogens with one attached hydrogen (secondary N) is 1. The van der Waals surface area contributed by atoms with Crippen molar-refractivity contribution in [2.75, 3.05) is 5.32 Å². The van der Waals surface area contributed by atoms with Crippen LogP contribution in [0.2, 0.25) is 5.02 Å². The van der Waals surface area contributed by atoms with Gasteiger partial charge in [0, 0.05) is 15.2 Å². The van der Waals surface area contributed by atoms with Crippen molar-refractivity contribution < 1.29 is 0 Å². The van der Waals surface area contributed by atoms with Crippen molar-refractivity contribution in [1.29, 1.82) is 0 Å². The minimum atomic E-state index is 0.775. The number of halogens is 2.